The number of sulfonamides is 1. The molecule has 1 aromatic rings. The van der Waals surface area contributed by atoms with E-state index >= 15 is 0 Å². The fourth-order valence-electron chi connectivity index (χ4n) is 1.10. The van der Waals surface area contributed by atoms with Crippen LogP contribution < -0.4 is 4.72 Å². The summed E-state index contributed by atoms with van der Waals surface area (Å²) in [6, 6.07) is 6.71. The van der Waals surface area contributed by atoms with E-state index in [9.17, 15) is 8.42 Å². The minimum atomic E-state index is -3.33. The Kier molecular flexibility index (Phi) is 3.29. The predicted molar refractivity (Wildman–Crippen MR) is 58.8 cm³/mol. The van der Waals surface area contributed by atoms with Gasteiger partial charge >= 0.3 is 0 Å². The molecule has 0 bridgehead atoms. The van der Waals surface area contributed by atoms with Gasteiger partial charge in [0, 0.05) is 7.47 Å². The Morgan fingerprint density at radius 2 is 1.71 bits per heavy atom. The van der Waals surface area contributed by atoms with Crippen LogP contribution in [0.5, 0.6) is 0 Å². The Hall–Kier alpha value is -0.870. The smallest absolute Gasteiger partial charge is 0.209 e. The number of nitrogens with one attached hydrogen (secondary N) is 1. The first-order chi connectivity index (χ1) is 6.42. The lowest BCUT2D eigenvalue weighted by atomic mass is 10.2. The quantitative estimate of drug-likeness (QED) is 0.837. The van der Waals surface area contributed by atoms with Gasteiger partial charge in [-0.1, -0.05) is 17.7 Å². The van der Waals surface area contributed by atoms with Gasteiger partial charge in [-0.05, 0) is 32.9 Å². The molecule has 80 valence electrons. The van der Waals surface area contributed by atoms with Crippen molar-refractivity contribution in [3.63, 3.8) is 0 Å². The molecule has 0 saturated heterocycles. The highest BCUT2D eigenvalue weighted by molar-refractivity contribution is 7.89. The van der Waals surface area contributed by atoms with Gasteiger partial charge in [-0.25, -0.2) is 13.1 Å². The van der Waals surface area contributed by atoms with Gasteiger partial charge in [0.25, 0.3) is 0 Å². The van der Waals surface area contributed by atoms with Crippen LogP contribution in [0.1, 0.15) is 20.8 Å². The van der Waals surface area contributed by atoms with E-state index in [1.807, 2.05) is 6.92 Å². The van der Waals surface area contributed by atoms with Gasteiger partial charge in [-0.3, -0.25) is 0 Å². The molecule has 4 heteroatoms. The van der Waals surface area contributed by atoms with E-state index in [1.165, 1.54) is 0 Å². The summed E-state index contributed by atoms with van der Waals surface area (Å²) in [5.41, 5.74) is 1.05. The maximum absolute atomic E-state index is 11.6. The maximum Gasteiger partial charge on any atom is 0.240 e. The molecule has 3 nitrogen and oxygen atoms in total. The highest BCUT2D eigenvalue weighted by atomic mass is 32.2. The van der Waals surface area contributed by atoms with Gasteiger partial charge in [0.15, 0.2) is 0 Å². The van der Waals surface area contributed by atoms with Crippen LogP contribution in [-0.2, 0) is 10.0 Å². The lowest BCUT2D eigenvalue weighted by Crippen LogP contribution is -2.30. The molecule has 1 N–H and O–H groups in total. The monoisotopic (exact) mass is 215 g/mol. The van der Waals surface area contributed by atoms with E-state index in [-0.39, 0.29) is 7.47 Å². The summed E-state index contributed by atoms with van der Waals surface area (Å²) in [5, 5.41) is 0. The van der Waals surface area contributed by atoms with Gasteiger partial charge in [-0.15, -0.1) is 0 Å². The van der Waals surface area contributed by atoms with Crippen molar-refractivity contribution in [3.8, 4) is 0 Å². The van der Waals surface area contributed by atoms with Crippen LogP contribution in [0.2, 0.25) is 0 Å². The van der Waals surface area contributed by atoms with Crippen LogP contribution in [0.4, 0.5) is 0 Å². The minimum Gasteiger partial charge on any atom is -0.209 e. The number of benzene rings is 1. The molecule has 14 heavy (non-hydrogen) atoms. The fraction of sp³-hybridized carbons (Fsp3) is 0.400. The van der Waals surface area contributed by atoms with Crippen LogP contribution in [-0.4, -0.2) is 14.5 Å². The molecule has 0 saturated carbocycles. The standard InChI is InChI=1S/C10H15NO2S.H2/c1-8(2)11-14(12,13)10-6-4-9(3)5-7-10;/h4-8,11H,1-3H3;1H. The summed E-state index contributed by atoms with van der Waals surface area (Å²) < 4.78 is 25.8. The van der Waals surface area contributed by atoms with Crippen LogP contribution in [0.25, 0.3) is 0 Å². The fourth-order valence-corrected chi connectivity index (χ4v) is 2.35. The first-order valence-corrected chi connectivity index (χ1v) is 5.99. The van der Waals surface area contributed by atoms with Crippen molar-refractivity contribution in [1.82, 2.24) is 4.72 Å². The molecule has 0 aliphatic rings. The summed E-state index contributed by atoms with van der Waals surface area (Å²) in [4.78, 5) is 0.316. The van der Waals surface area contributed by atoms with E-state index in [0.717, 1.165) is 5.56 Å². The third-order valence-corrected chi connectivity index (χ3v) is 3.40. The minimum absolute atomic E-state index is 0. The van der Waals surface area contributed by atoms with Crippen molar-refractivity contribution in [2.75, 3.05) is 0 Å². The van der Waals surface area contributed by atoms with Crippen LogP contribution in [0.15, 0.2) is 29.2 Å². The van der Waals surface area contributed by atoms with Gasteiger partial charge in [0.2, 0.25) is 10.0 Å². The molecule has 0 aliphatic heterocycles. The highest BCUT2D eigenvalue weighted by Crippen LogP contribution is 2.10. The Morgan fingerprint density at radius 1 is 1.21 bits per heavy atom. The Balaban J connectivity index is 0.00000196. The lowest BCUT2D eigenvalue weighted by molar-refractivity contribution is 0.570. The summed E-state index contributed by atoms with van der Waals surface area (Å²) >= 11 is 0. The summed E-state index contributed by atoms with van der Waals surface area (Å²) in [6.45, 7) is 5.52. The van der Waals surface area contributed by atoms with E-state index in [0.29, 0.717) is 4.90 Å². The molecule has 0 radical (unpaired) electrons. The second kappa shape index (κ2) is 4.11. The average molecular weight is 215 g/mol. The molecule has 1 rings (SSSR count). The molecular formula is C10H17NO2S. The first kappa shape index (κ1) is 11.2. The lowest BCUT2D eigenvalue weighted by Gasteiger charge is -2.09. The van der Waals surface area contributed by atoms with Crippen molar-refractivity contribution >= 4 is 10.0 Å². The first-order valence-electron chi connectivity index (χ1n) is 4.51. The SMILES string of the molecule is Cc1ccc(S(=O)(=O)NC(C)C)cc1.[HH]. The summed E-state index contributed by atoms with van der Waals surface area (Å²) in [6.07, 6.45) is 0. The third-order valence-electron chi connectivity index (χ3n) is 1.72. The van der Waals surface area contributed by atoms with Crippen LogP contribution in [0, 0.1) is 6.92 Å². The zero-order valence-electron chi connectivity index (χ0n) is 8.61. The second-order valence-corrected chi connectivity index (χ2v) is 5.30. The molecular weight excluding hydrogens is 198 g/mol. The van der Waals surface area contributed by atoms with E-state index in [2.05, 4.69) is 4.72 Å². The topological polar surface area (TPSA) is 46.2 Å². The molecule has 0 unspecified atom stereocenters. The van der Waals surface area contributed by atoms with Crippen molar-refractivity contribution in [2.24, 2.45) is 0 Å². The van der Waals surface area contributed by atoms with E-state index in [1.54, 1.807) is 38.1 Å². The van der Waals surface area contributed by atoms with Crippen LogP contribution >= 0.6 is 0 Å². The van der Waals surface area contributed by atoms with Crippen molar-refractivity contribution < 1.29 is 9.84 Å². The van der Waals surface area contributed by atoms with E-state index in [4.69, 9.17) is 0 Å². The molecule has 0 atom stereocenters. The number of aryl methyl sites for hydroxylation is 1. The van der Waals surface area contributed by atoms with Gasteiger partial charge < -0.3 is 0 Å². The Bertz CT molecular complexity index is 398. The van der Waals surface area contributed by atoms with Crippen molar-refractivity contribution in [1.29, 1.82) is 0 Å². The molecule has 0 aromatic heterocycles. The van der Waals surface area contributed by atoms with Crippen molar-refractivity contribution in [3.05, 3.63) is 29.8 Å². The number of hydrogen-bond acceptors (Lipinski definition) is 2. The van der Waals surface area contributed by atoms with Crippen LogP contribution in [0.3, 0.4) is 0 Å². The normalized spacial score (nSPS) is 12.0. The number of rotatable bonds is 3. The third kappa shape index (κ3) is 2.82. The van der Waals surface area contributed by atoms with Crippen molar-refractivity contribution in [2.45, 2.75) is 31.7 Å². The van der Waals surface area contributed by atoms with Gasteiger partial charge in [-0.2, -0.15) is 0 Å². The maximum atomic E-state index is 11.6. The molecule has 1 aromatic carbocycles. The number of hydrogen-bond donors (Lipinski definition) is 1. The second-order valence-electron chi connectivity index (χ2n) is 3.59. The molecule has 0 spiro atoms. The van der Waals surface area contributed by atoms with Gasteiger partial charge in [0.05, 0.1) is 4.90 Å². The predicted octanol–water partition coefficient (Wildman–Crippen LogP) is 1.93. The summed E-state index contributed by atoms with van der Waals surface area (Å²) in [7, 11) is -3.33. The molecule has 0 heterocycles. The average Bonchev–Trinajstić information content (AvgIpc) is 2.02. The largest absolute Gasteiger partial charge is 0.240 e. The molecule has 0 aliphatic carbocycles. The molecule has 0 fully saturated rings. The zero-order chi connectivity index (χ0) is 10.8. The zero-order valence-corrected chi connectivity index (χ0v) is 9.43. The highest BCUT2D eigenvalue weighted by Gasteiger charge is 2.14. The van der Waals surface area contributed by atoms with E-state index < -0.39 is 10.0 Å². The Morgan fingerprint density at radius 3 is 2.14 bits per heavy atom. The van der Waals surface area contributed by atoms with Gasteiger partial charge in [0.1, 0.15) is 0 Å². The molecule has 0 amide bonds. The Labute approximate surface area is 86.7 Å². The summed E-state index contributed by atoms with van der Waals surface area (Å²) in [5.74, 6) is 0.